The topological polar surface area (TPSA) is 108 Å². The number of carbonyl (C=O) groups excluding carboxylic acids is 1. The Balaban J connectivity index is 0.00000198. The van der Waals surface area contributed by atoms with Crippen LogP contribution in [-0.2, 0) is 11.0 Å². The Kier molecular flexibility index (Phi) is 11.5. The maximum Gasteiger partial charge on any atom is 0.251 e. The molecule has 1 aliphatic rings. The average Bonchev–Trinajstić information content (AvgIpc) is 3.55. The summed E-state index contributed by atoms with van der Waals surface area (Å²) in [6, 6.07) is 19.4. The van der Waals surface area contributed by atoms with Gasteiger partial charge in [-0.3, -0.25) is 9.52 Å². The van der Waals surface area contributed by atoms with Crippen LogP contribution in [0.2, 0.25) is 5.02 Å². The molecule has 11 heteroatoms. The highest BCUT2D eigenvalue weighted by Crippen LogP contribution is 2.32. The summed E-state index contributed by atoms with van der Waals surface area (Å²) in [5, 5.41) is 6.62. The standard InChI is InChI=1S/C29H31ClN6O3S.C2H6/c1-39-21-12-13-23(30)26(19-21)34-27-28(33-25-11-3-2-10-24(25)32-27)35-40(38)22-9-6-8-20(18-22)29(37)31-14-7-17-36-15-4-5-16-36;1-2/h2-3,6,8-13,18-19H,4-5,7,14-17H2,1H3,(H,31,37)(H,32,34)(H,33,35);1-2H3. The summed E-state index contributed by atoms with van der Waals surface area (Å²) in [6.45, 7) is 7.86. The smallest absolute Gasteiger partial charge is 0.251 e. The third-order valence-corrected chi connectivity index (χ3v) is 8.02. The molecular formula is C31H37ClN6O3S. The number of likely N-dealkylation sites (tertiary alicyclic amines) is 1. The molecule has 0 spiro atoms. The Labute approximate surface area is 254 Å². The molecule has 0 saturated carbocycles. The molecule has 2 heterocycles. The minimum absolute atomic E-state index is 0.194. The zero-order chi connectivity index (χ0) is 29.9. The number of hydrogen-bond donors (Lipinski definition) is 3. The molecule has 1 aliphatic heterocycles. The molecule has 5 rings (SSSR count). The van der Waals surface area contributed by atoms with Gasteiger partial charge in [0, 0.05) is 18.2 Å². The molecule has 9 nitrogen and oxygen atoms in total. The second-order valence-corrected chi connectivity index (χ2v) is 11.1. The highest BCUT2D eigenvalue weighted by atomic mass is 35.5. The molecule has 1 aromatic heterocycles. The van der Waals surface area contributed by atoms with Gasteiger partial charge in [-0.25, -0.2) is 14.2 Å². The molecule has 1 amide bonds. The second kappa shape index (κ2) is 15.5. The molecule has 3 aromatic carbocycles. The van der Waals surface area contributed by atoms with Gasteiger partial charge in [0.15, 0.2) is 22.6 Å². The van der Waals surface area contributed by atoms with Crippen LogP contribution >= 0.6 is 11.6 Å². The number of halogens is 1. The van der Waals surface area contributed by atoms with Crippen LogP contribution in [0.15, 0.2) is 71.6 Å². The number of nitrogens with one attached hydrogen (secondary N) is 3. The van der Waals surface area contributed by atoms with Gasteiger partial charge in [-0.2, -0.15) is 0 Å². The molecule has 1 saturated heterocycles. The van der Waals surface area contributed by atoms with Crippen LogP contribution in [0, 0.1) is 0 Å². The van der Waals surface area contributed by atoms with Crippen LogP contribution in [-0.4, -0.2) is 58.3 Å². The molecule has 42 heavy (non-hydrogen) atoms. The number of aromatic nitrogens is 2. The first kappa shape index (κ1) is 31.2. The van der Waals surface area contributed by atoms with E-state index in [-0.39, 0.29) is 11.7 Å². The number of rotatable bonds is 11. The van der Waals surface area contributed by atoms with E-state index in [1.807, 2.05) is 38.1 Å². The third-order valence-electron chi connectivity index (χ3n) is 6.63. The van der Waals surface area contributed by atoms with Crippen LogP contribution in [0.25, 0.3) is 11.0 Å². The maximum absolute atomic E-state index is 13.4. The highest BCUT2D eigenvalue weighted by molar-refractivity contribution is 7.86. The van der Waals surface area contributed by atoms with E-state index in [4.69, 9.17) is 21.3 Å². The van der Waals surface area contributed by atoms with Gasteiger partial charge >= 0.3 is 0 Å². The quantitative estimate of drug-likeness (QED) is 0.169. The summed E-state index contributed by atoms with van der Waals surface area (Å²) in [7, 11) is -0.158. The van der Waals surface area contributed by atoms with Crippen LogP contribution in [0.5, 0.6) is 5.75 Å². The summed E-state index contributed by atoms with van der Waals surface area (Å²) in [4.78, 5) is 25.0. The van der Waals surface area contributed by atoms with Crippen LogP contribution in [0.1, 0.15) is 43.5 Å². The lowest BCUT2D eigenvalue weighted by molar-refractivity contribution is 0.0952. The van der Waals surface area contributed by atoms with E-state index in [2.05, 4.69) is 25.2 Å². The summed E-state index contributed by atoms with van der Waals surface area (Å²) in [5.41, 5.74) is 2.29. The molecule has 0 bridgehead atoms. The van der Waals surface area contributed by atoms with Gasteiger partial charge in [-0.1, -0.05) is 43.6 Å². The minimum atomic E-state index is -1.73. The molecule has 0 radical (unpaired) electrons. The Morgan fingerprint density at radius 3 is 2.40 bits per heavy atom. The summed E-state index contributed by atoms with van der Waals surface area (Å²) in [5.74, 6) is 1.03. The first-order valence-electron chi connectivity index (χ1n) is 14.2. The average molecular weight is 609 g/mol. The van der Waals surface area contributed by atoms with Crippen molar-refractivity contribution in [2.24, 2.45) is 0 Å². The molecule has 1 fully saturated rings. The molecule has 4 aromatic rings. The van der Waals surface area contributed by atoms with Crippen LogP contribution < -0.4 is 20.1 Å². The van der Waals surface area contributed by atoms with Gasteiger partial charge in [0.05, 0.1) is 33.7 Å². The van der Waals surface area contributed by atoms with E-state index in [0.29, 0.717) is 50.3 Å². The van der Waals surface area contributed by atoms with E-state index in [0.717, 1.165) is 26.1 Å². The van der Waals surface area contributed by atoms with Crippen LogP contribution in [0.4, 0.5) is 17.3 Å². The van der Waals surface area contributed by atoms with Crippen molar-refractivity contribution in [3.05, 3.63) is 77.3 Å². The normalized spacial score (nSPS) is 13.6. The van der Waals surface area contributed by atoms with Crippen molar-refractivity contribution in [1.29, 1.82) is 0 Å². The Morgan fingerprint density at radius 2 is 1.69 bits per heavy atom. The summed E-state index contributed by atoms with van der Waals surface area (Å²) in [6.07, 6.45) is 3.40. The van der Waals surface area contributed by atoms with Crippen molar-refractivity contribution in [3.8, 4) is 5.75 Å². The fourth-order valence-electron chi connectivity index (χ4n) is 4.53. The lowest BCUT2D eigenvalue weighted by Gasteiger charge is -2.15. The molecular weight excluding hydrogens is 572 g/mol. The summed E-state index contributed by atoms with van der Waals surface area (Å²) >= 11 is 6.41. The number of ether oxygens (including phenoxy) is 1. The number of amides is 1. The lowest BCUT2D eigenvalue weighted by atomic mass is 10.2. The number of hydrogen-bond acceptors (Lipinski definition) is 7. The SMILES string of the molecule is CC.COc1ccc(Cl)c(Nc2nc3ccccc3nc2NS(=O)c2cccc(C(=O)NCCCN3CCCC3)c2)c1. The largest absolute Gasteiger partial charge is 0.497 e. The highest BCUT2D eigenvalue weighted by Gasteiger charge is 2.16. The fourth-order valence-corrected chi connectivity index (χ4v) is 5.56. The number of carbonyl (C=O) groups is 1. The van der Waals surface area contributed by atoms with E-state index in [1.165, 1.54) is 12.8 Å². The lowest BCUT2D eigenvalue weighted by Crippen LogP contribution is -2.28. The van der Waals surface area contributed by atoms with Crippen molar-refractivity contribution in [1.82, 2.24) is 20.2 Å². The van der Waals surface area contributed by atoms with Gasteiger partial charge in [0.25, 0.3) is 5.91 Å². The van der Waals surface area contributed by atoms with Crippen molar-refractivity contribution < 1.29 is 13.7 Å². The number of para-hydroxylation sites is 2. The zero-order valence-electron chi connectivity index (χ0n) is 24.2. The van der Waals surface area contributed by atoms with E-state index >= 15 is 0 Å². The summed E-state index contributed by atoms with van der Waals surface area (Å²) < 4.78 is 21.7. The van der Waals surface area contributed by atoms with Crippen molar-refractivity contribution in [2.75, 3.05) is 43.3 Å². The van der Waals surface area contributed by atoms with Crippen molar-refractivity contribution in [2.45, 2.75) is 38.0 Å². The number of benzene rings is 3. The second-order valence-electron chi connectivity index (χ2n) is 9.44. The number of anilines is 3. The molecule has 0 aliphatic carbocycles. The van der Waals surface area contributed by atoms with Gasteiger partial charge < -0.3 is 20.3 Å². The van der Waals surface area contributed by atoms with Gasteiger partial charge in [-0.15, -0.1) is 0 Å². The predicted octanol–water partition coefficient (Wildman–Crippen LogP) is 6.41. The van der Waals surface area contributed by atoms with Gasteiger partial charge in [0.1, 0.15) is 5.75 Å². The molecule has 1 atom stereocenters. The Bertz CT molecular complexity index is 1530. The molecule has 1 unspecified atom stereocenters. The maximum atomic E-state index is 13.4. The number of methoxy groups -OCH3 is 1. The van der Waals surface area contributed by atoms with E-state index in [9.17, 15) is 9.00 Å². The van der Waals surface area contributed by atoms with E-state index < -0.39 is 11.0 Å². The van der Waals surface area contributed by atoms with E-state index in [1.54, 1.807) is 49.6 Å². The molecule has 3 N–H and O–H groups in total. The van der Waals surface area contributed by atoms with Crippen molar-refractivity contribution >= 4 is 56.9 Å². The number of nitrogens with zero attached hydrogens (tertiary/aromatic N) is 3. The first-order valence-corrected chi connectivity index (χ1v) is 15.7. The molecule has 222 valence electrons. The van der Waals surface area contributed by atoms with Gasteiger partial charge in [0.2, 0.25) is 0 Å². The van der Waals surface area contributed by atoms with Crippen LogP contribution in [0.3, 0.4) is 0 Å². The van der Waals surface area contributed by atoms with Crippen molar-refractivity contribution in [3.63, 3.8) is 0 Å². The van der Waals surface area contributed by atoms with Gasteiger partial charge in [-0.05, 0) is 81.4 Å². The zero-order valence-corrected chi connectivity index (χ0v) is 25.7. The number of fused-ring (bicyclic) bond motifs is 1. The fraction of sp³-hybridized carbons (Fsp3) is 0.323. The Hall–Kier alpha value is -3.73. The Morgan fingerprint density at radius 1 is 0.976 bits per heavy atom. The third kappa shape index (κ3) is 8.18. The predicted molar refractivity (Wildman–Crippen MR) is 171 cm³/mol. The first-order chi connectivity index (χ1) is 20.5. The minimum Gasteiger partial charge on any atom is -0.497 e. The monoisotopic (exact) mass is 608 g/mol.